The van der Waals surface area contributed by atoms with Crippen molar-refractivity contribution in [2.24, 2.45) is 0 Å². The van der Waals surface area contributed by atoms with Gasteiger partial charge in [0.2, 0.25) is 0 Å². The van der Waals surface area contributed by atoms with Gasteiger partial charge in [-0.05, 0) is 26.2 Å². The van der Waals surface area contributed by atoms with Gasteiger partial charge in [0.15, 0.2) is 0 Å². The number of rotatable bonds is 6. The van der Waals surface area contributed by atoms with Crippen LogP contribution in [0.3, 0.4) is 0 Å². The van der Waals surface area contributed by atoms with Crippen LogP contribution in [0, 0.1) is 0 Å². The number of hydrogen-bond acceptors (Lipinski definition) is 2. The maximum absolute atomic E-state index is 11.3. The summed E-state index contributed by atoms with van der Waals surface area (Å²) in [5.74, 6) is -0.234. The Labute approximate surface area is 81.0 Å². The van der Waals surface area contributed by atoms with Crippen LogP contribution in [-0.2, 0) is 9.53 Å². The molecule has 0 heterocycles. The standard InChI is InChI=1S/C11H20O2/c1-5-7-8-9(3)11(12)13-10(4)6-2/h10H,3,5-8H2,1-2,4H3. The lowest BCUT2D eigenvalue weighted by Gasteiger charge is -2.11. The lowest BCUT2D eigenvalue weighted by atomic mass is 10.1. The average molecular weight is 184 g/mol. The molecule has 2 heteroatoms. The summed E-state index contributed by atoms with van der Waals surface area (Å²) in [6.07, 6.45) is 3.70. The molecule has 0 amide bonds. The molecule has 1 unspecified atom stereocenters. The molecule has 13 heavy (non-hydrogen) atoms. The molecule has 0 rings (SSSR count). The molecule has 0 aromatic rings. The maximum Gasteiger partial charge on any atom is 0.333 e. The van der Waals surface area contributed by atoms with Crippen molar-refractivity contribution in [1.82, 2.24) is 0 Å². The van der Waals surface area contributed by atoms with Crippen LogP contribution in [-0.4, -0.2) is 12.1 Å². The van der Waals surface area contributed by atoms with Crippen LogP contribution >= 0.6 is 0 Å². The monoisotopic (exact) mass is 184 g/mol. The van der Waals surface area contributed by atoms with Crippen LogP contribution < -0.4 is 0 Å². The van der Waals surface area contributed by atoms with Crippen molar-refractivity contribution in [3.05, 3.63) is 12.2 Å². The van der Waals surface area contributed by atoms with Crippen LogP contribution in [0.2, 0.25) is 0 Å². The van der Waals surface area contributed by atoms with Crippen molar-refractivity contribution in [2.75, 3.05) is 0 Å². The molecule has 0 N–H and O–H groups in total. The third-order valence-electron chi connectivity index (χ3n) is 2.00. The van der Waals surface area contributed by atoms with Gasteiger partial charge in [-0.3, -0.25) is 0 Å². The Morgan fingerprint density at radius 2 is 2.08 bits per heavy atom. The minimum atomic E-state index is -0.234. The highest BCUT2D eigenvalue weighted by Gasteiger charge is 2.10. The smallest absolute Gasteiger partial charge is 0.333 e. The molecule has 0 aliphatic carbocycles. The van der Waals surface area contributed by atoms with Crippen LogP contribution in [0.1, 0.15) is 46.5 Å². The molecular formula is C11H20O2. The minimum Gasteiger partial charge on any atom is -0.459 e. The molecule has 0 radical (unpaired) electrons. The molecule has 2 nitrogen and oxygen atoms in total. The van der Waals surface area contributed by atoms with Crippen molar-refractivity contribution in [1.29, 1.82) is 0 Å². The van der Waals surface area contributed by atoms with Crippen LogP contribution in [0.5, 0.6) is 0 Å². The van der Waals surface area contributed by atoms with E-state index in [0.29, 0.717) is 5.57 Å². The van der Waals surface area contributed by atoms with Crippen LogP contribution in [0.25, 0.3) is 0 Å². The van der Waals surface area contributed by atoms with E-state index < -0.39 is 0 Å². The Kier molecular flexibility index (Phi) is 6.29. The van der Waals surface area contributed by atoms with Gasteiger partial charge in [-0.15, -0.1) is 0 Å². The van der Waals surface area contributed by atoms with Crippen molar-refractivity contribution in [3.63, 3.8) is 0 Å². The number of esters is 1. The van der Waals surface area contributed by atoms with Crippen molar-refractivity contribution >= 4 is 5.97 Å². The van der Waals surface area contributed by atoms with Gasteiger partial charge >= 0.3 is 5.97 Å². The molecule has 0 aromatic carbocycles. The number of carbonyl (C=O) groups is 1. The zero-order valence-corrected chi connectivity index (χ0v) is 8.93. The Morgan fingerprint density at radius 3 is 2.54 bits per heavy atom. The first-order valence-corrected chi connectivity index (χ1v) is 5.00. The molecule has 0 saturated carbocycles. The van der Waals surface area contributed by atoms with E-state index in [4.69, 9.17) is 4.74 Å². The quantitative estimate of drug-likeness (QED) is 0.468. The molecular weight excluding hydrogens is 164 g/mol. The summed E-state index contributed by atoms with van der Waals surface area (Å²) < 4.78 is 5.12. The van der Waals surface area contributed by atoms with Crippen molar-refractivity contribution in [2.45, 2.75) is 52.6 Å². The predicted octanol–water partition coefficient (Wildman–Crippen LogP) is 3.07. The first-order chi connectivity index (χ1) is 6.11. The molecule has 76 valence electrons. The fourth-order valence-corrected chi connectivity index (χ4v) is 0.842. The zero-order chi connectivity index (χ0) is 10.3. The average Bonchev–Trinajstić information content (AvgIpc) is 2.13. The minimum absolute atomic E-state index is 0.00544. The highest BCUT2D eigenvalue weighted by atomic mass is 16.5. The highest BCUT2D eigenvalue weighted by Crippen LogP contribution is 2.09. The molecule has 0 aliphatic rings. The van der Waals surface area contributed by atoms with E-state index in [2.05, 4.69) is 13.5 Å². The third kappa shape index (κ3) is 5.45. The molecule has 0 saturated heterocycles. The molecule has 0 spiro atoms. The summed E-state index contributed by atoms with van der Waals surface area (Å²) in [4.78, 5) is 11.3. The van der Waals surface area contributed by atoms with Gasteiger partial charge in [0, 0.05) is 5.57 Å². The molecule has 1 atom stereocenters. The van der Waals surface area contributed by atoms with E-state index in [1.807, 2.05) is 13.8 Å². The van der Waals surface area contributed by atoms with Crippen molar-refractivity contribution < 1.29 is 9.53 Å². The first-order valence-electron chi connectivity index (χ1n) is 5.00. The van der Waals surface area contributed by atoms with Crippen LogP contribution in [0.15, 0.2) is 12.2 Å². The Morgan fingerprint density at radius 1 is 1.46 bits per heavy atom. The molecule has 0 bridgehead atoms. The third-order valence-corrected chi connectivity index (χ3v) is 2.00. The number of unbranched alkanes of at least 4 members (excludes halogenated alkanes) is 1. The number of carbonyl (C=O) groups excluding carboxylic acids is 1. The largest absolute Gasteiger partial charge is 0.459 e. The van der Waals surface area contributed by atoms with Crippen molar-refractivity contribution in [3.8, 4) is 0 Å². The number of hydrogen-bond donors (Lipinski definition) is 0. The lowest BCUT2D eigenvalue weighted by molar-refractivity contribution is -0.143. The van der Waals surface area contributed by atoms with Gasteiger partial charge in [0.05, 0.1) is 6.10 Å². The van der Waals surface area contributed by atoms with Crippen LogP contribution in [0.4, 0.5) is 0 Å². The summed E-state index contributed by atoms with van der Waals surface area (Å²) >= 11 is 0. The Hall–Kier alpha value is -0.790. The van der Waals surface area contributed by atoms with Gasteiger partial charge in [-0.2, -0.15) is 0 Å². The SMILES string of the molecule is C=C(CCCC)C(=O)OC(C)CC. The fourth-order valence-electron chi connectivity index (χ4n) is 0.842. The second kappa shape index (κ2) is 6.70. The van der Waals surface area contributed by atoms with E-state index in [1.165, 1.54) is 0 Å². The van der Waals surface area contributed by atoms with Gasteiger partial charge in [-0.1, -0.05) is 26.8 Å². The molecule has 0 fully saturated rings. The maximum atomic E-state index is 11.3. The van der Waals surface area contributed by atoms with E-state index >= 15 is 0 Å². The van der Waals surface area contributed by atoms with E-state index in [-0.39, 0.29) is 12.1 Å². The van der Waals surface area contributed by atoms with E-state index in [1.54, 1.807) is 0 Å². The second-order valence-electron chi connectivity index (χ2n) is 3.33. The summed E-state index contributed by atoms with van der Waals surface area (Å²) in [7, 11) is 0. The molecule has 0 aliphatic heterocycles. The van der Waals surface area contributed by atoms with Gasteiger partial charge in [-0.25, -0.2) is 4.79 Å². The molecule has 0 aromatic heterocycles. The summed E-state index contributed by atoms with van der Waals surface area (Å²) in [6, 6.07) is 0. The van der Waals surface area contributed by atoms with Gasteiger partial charge < -0.3 is 4.74 Å². The first kappa shape index (κ1) is 12.2. The fraction of sp³-hybridized carbons (Fsp3) is 0.727. The Bertz CT molecular complexity index is 173. The zero-order valence-electron chi connectivity index (χ0n) is 8.93. The van der Waals surface area contributed by atoms with Gasteiger partial charge in [0.25, 0.3) is 0 Å². The van der Waals surface area contributed by atoms with E-state index in [0.717, 1.165) is 25.7 Å². The summed E-state index contributed by atoms with van der Waals surface area (Å²) in [5, 5.41) is 0. The Balaban J connectivity index is 3.76. The topological polar surface area (TPSA) is 26.3 Å². The van der Waals surface area contributed by atoms with E-state index in [9.17, 15) is 4.79 Å². The predicted molar refractivity (Wildman–Crippen MR) is 54.5 cm³/mol. The summed E-state index contributed by atoms with van der Waals surface area (Å²) in [5.41, 5.74) is 0.599. The normalized spacial score (nSPS) is 12.2. The highest BCUT2D eigenvalue weighted by molar-refractivity contribution is 5.87. The summed E-state index contributed by atoms with van der Waals surface area (Å²) in [6.45, 7) is 9.68. The van der Waals surface area contributed by atoms with Gasteiger partial charge in [0.1, 0.15) is 0 Å². The second-order valence-corrected chi connectivity index (χ2v) is 3.33. The lowest BCUT2D eigenvalue weighted by Crippen LogP contribution is -2.15. The number of ether oxygens (including phenoxy) is 1.